The molecule has 0 spiro atoms. The highest BCUT2D eigenvalue weighted by molar-refractivity contribution is 7.89. The van der Waals surface area contributed by atoms with Gasteiger partial charge in [0, 0.05) is 10.9 Å². The molecule has 5 aromatic rings. The molecule has 0 amide bonds. The molecule has 6 nitrogen and oxygen atoms in total. The van der Waals surface area contributed by atoms with Crippen LogP contribution in [0, 0.1) is 5.82 Å². The summed E-state index contributed by atoms with van der Waals surface area (Å²) in [6.07, 6.45) is 0. The number of pyridine rings is 1. The number of rotatable bonds is 4. The molecular weight excluding hydrogens is 427 g/mol. The van der Waals surface area contributed by atoms with Crippen LogP contribution in [0.5, 0.6) is 0 Å². The lowest BCUT2D eigenvalue weighted by molar-refractivity contribution is 0.597. The molecule has 0 unspecified atom stereocenters. The number of hydrogen-bond acceptors (Lipinski definition) is 4. The number of benzene rings is 3. The van der Waals surface area contributed by atoms with Gasteiger partial charge in [0.1, 0.15) is 5.82 Å². The SMILES string of the molecule is NS(=O)(=O)c1ccc(-n2nc(-c3ccccc3)cc2-c2ccc3cc(F)ccc3n2)cc1. The first-order valence-electron chi connectivity index (χ1n) is 9.74. The van der Waals surface area contributed by atoms with Crippen molar-refractivity contribution in [3.8, 4) is 28.3 Å². The smallest absolute Gasteiger partial charge is 0.238 e. The number of nitrogens with zero attached hydrogens (tertiary/aromatic N) is 3. The van der Waals surface area contributed by atoms with Gasteiger partial charge in [-0.2, -0.15) is 5.10 Å². The van der Waals surface area contributed by atoms with Crippen LogP contribution >= 0.6 is 0 Å². The Morgan fingerprint density at radius 1 is 0.812 bits per heavy atom. The van der Waals surface area contributed by atoms with E-state index in [9.17, 15) is 12.8 Å². The second kappa shape index (κ2) is 7.67. The molecule has 0 aliphatic carbocycles. The number of hydrogen-bond donors (Lipinski definition) is 1. The molecule has 0 bridgehead atoms. The van der Waals surface area contributed by atoms with Crippen LogP contribution < -0.4 is 5.14 Å². The Morgan fingerprint density at radius 3 is 2.28 bits per heavy atom. The minimum atomic E-state index is -3.80. The summed E-state index contributed by atoms with van der Waals surface area (Å²) in [5.41, 5.74) is 4.32. The van der Waals surface area contributed by atoms with Crippen LogP contribution in [0.3, 0.4) is 0 Å². The quantitative estimate of drug-likeness (QED) is 0.441. The summed E-state index contributed by atoms with van der Waals surface area (Å²) in [5, 5.41) is 10.7. The topological polar surface area (TPSA) is 90.9 Å². The van der Waals surface area contributed by atoms with Crippen LogP contribution in [0.25, 0.3) is 39.2 Å². The molecule has 2 N–H and O–H groups in total. The van der Waals surface area contributed by atoms with E-state index in [0.29, 0.717) is 28.0 Å². The Morgan fingerprint density at radius 2 is 1.56 bits per heavy atom. The van der Waals surface area contributed by atoms with Gasteiger partial charge >= 0.3 is 0 Å². The van der Waals surface area contributed by atoms with Crippen molar-refractivity contribution in [2.45, 2.75) is 4.90 Å². The van der Waals surface area contributed by atoms with Gasteiger partial charge in [-0.1, -0.05) is 36.4 Å². The zero-order valence-corrected chi connectivity index (χ0v) is 17.5. The van der Waals surface area contributed by atoms with Crippen molar-refractivity contribution >= 4 is 20.9 Å². The Bertz CT molecular complexity index is 1550. The van der Waals surface area contributed by atoms with Crippen LogP contribution in [-0.4, -0.2) is 23.2 Å². The second-order valence-corrected chi connectivity index (χ2v) is 8.83. The van der Waals surface area contributed by atoms with E-state index >= 15 is 0 Å². The third kappa shape index (κ3) is 3.77. The lowest BCUT2D eigenvalue weighted by atomic mass is 10.1. The molecule has 0 atom stereocenters. The van der Waals surface area contributed by atoms with Crippen LogP contribution in [0.2, 0.25) is 0 Å². The normalized spacial score (nSPS) is 11.7. The first-order valence-corrected chi connectivity index (χ1v) is 11.3. The highest BCUT2D eigenvalue weighted by Crippen LogP contribution is 2.29. The maximum atomic E-state index is 13.6. The number of nitrogens with two attached hydrogens (primary N) is 1. The van der Waals surface area contributed by atoms with Crippen molar-refractivity contribution < 1.29 is 12.8 Å². The minimum Gasteiger partial charge on any atom is -0.246 e. The average molecular weight is 444 g/mol. The number of aromatic nitrogens is 3. The number of halogens is 1. The molecule has 0 aliphatic rings. The Labute approximate surface area is 183 Å². The molecule has 0 aliphatic heterocycles. The molecule has 0 saturated carbocycles. The van der Waals surface area contributed by atoms with Gasteiger partial charge in [0.15, 0.2) is 0 Å². The molecule has 0 saturated heterocycles. The molecular formula is C24H17FN4O2S. The van der Waals surface area contributed by atoms with E-state index in [1.165, 1.54) is 24.3 Å². The van der Waals surface area contributed by atoms with Gasteiger partial charge < -0.3 is 0 Å². The zero-order chi connectivity index (χ0) is 22.3. The molecule has 2 heterocycles. The highest BCUT2D eigenvalue weighted by atomic mass is 32.2. The van der Waals surface area contributed by atoms with Gasteiger partial charge in [-0.05, 0) is 54.6 Å². The molecule has 5 rings (SSSR count). The van der Waals surface area contributed by atoms with Gasteiger partial charge in [0.05, 0.1) is 33.2 Å². The maximum Gasteiger partial charge on any atom is 0.238 e. The van der Waals surface area contributed by atoms with E-state index in [0.717, 1.165) is 11.3 Å². The van der Waals surface area contributed by atoms with Crippen molar-refractivity contribution in [1.82, 2.24) is 14.8 Å². The molecule has 3 aromatic carbocycles. The fourth-order valence-electron chi connectivity index (χ4n) is 3.53. The molecule has 32 heavy (non-hydrogen) atoms. The largest absolute Gasteiger partial charge is 0.246 e. The Kier molecular flexibility index (Phi) is 4.80. The van der Waals surface area contributed by atoms with Crippen LogP contribution in [-0.2, 0) is 10.0 Å². The van der Waals surface area contributed by atoms with Crippen molar-refractivity contribution in [2.24, 2.45) is 5.14 Å². The number of fused-ring (bicyclic) bond motifs is 1. The first kappa shape index (κ1) is 20.0. The first-order chi connectivity index (χ1) is 15.4. The lowest BCUT2D eigenvalue weighted by Gasteiger charge is -2.09. The number of sulfonamides is 1. The van der Waals surface area contributed by atoms with E-state index < -0.39 is 10.0 Å². The standard InChI is InChI=1S/C24H17FN4O2S/c25-18-7-13-21-17(14-18)6-12-22(27-21)24-15-23(16-4-2-1-3-5-16)28-29(24)19-8-10-20(11-9-19)32(26,30)31/h1-15H,(H2,26,30,31). The summed E-state index contributed by atoms with van der Waals surface area (Å²) in [4.78, 5) is 4.71. The van der Waals surface area contributed by atoms with Gasteiger partial charge in [-0.3, -0.25) is 0 Å². The monoisotopic (exact) mass is 444 g/mol. The third-order valence-corrected chi connectivity index (χ3v) is 6.03. The van der Waals surface area contributed by atoms with Gasteiger partial charge in [0.2, 0.25) is 10.0 Å². The van der Waals surface area contributed by atoms with Crippen molar-refractivity contribution in [2.75, 3.05) is 0 Å². The Balaban J connectivity index is 1.69. The number of primary sulfonamides is 1. The summed E-state index contributed by atoms with van der Waals surface area (Å²) < 4.78 is 38.5. The fraction of sp³-hybridized carbons (Fsp3) is 0. The molecule has 0 fully saturated rings. The fourth-order valence-corrected chi connectivity index (χ4v) is 4.04. The van der Waals surface area contributed by atoms with Gasteiger partial charge in [-0.25, -0.2) is 27.6 Å². The maximum absolute atomic E-state index is 13.6. The summed E-state index contributed by atoms with van der Waals surface area (Å²) in [5.74, 6) is -0.321. The summed E-state index contributed by atoms with van der Waals surface area (Å²) in [6.45, 7) is 0. The van der Waals surface area contributed by atoms with E-state index in [1.54, 1.807) is 22.9 Å². The predicted octanol–water partition coefficient (Wildman–Crippen LogP) is 4.54. The summed E-state index contributed by atoms with van der Waals surface area (Å²) in [7, 11) is -3.80. The summed E-state index contributed by atoms with van der Waals surface area (Å²) in [6, 6.07) is 25.8. The lowest BCUT2D eigenvalue weighted by Crippen LogP contribution is -2.12. The molecule has 2 aromatic heterocycles. The van der Waals surface area contributed by atoms with Crippen molar-refractivity contribution in [3.05, 3.63) is 96.8 Å². The van der Waals surface area contributed by atoms with Crippen LogP contribution in [0.15, 0.2) is 95.9 Å². The van der Waals surface area contributed by atoms with E-state index in [-0.39, 0.29) is 10.7 Å². The van der Waals surface area contributed by atoms with E-state index in [2.05, 4.69) is 0 Å². The molecule has 158 valence electrons. The minimum absolute atomic E-state index is 0.0177. The predicted molar refractivity (Wildman–Crippen MR) is 121 cm³/mol. The van der Waals surface area contributed by atoms with Crippen LogP contribution in [0.4, 0.5) is 4.39 Å². The van der Waals surface area contributed by atoms with E-state index in [1.807, 2.05) is 48.5 Å². The third-order valence-electron chi connectivity index (χ3n) is 5.10. The second-order valence-electron chi connectivity index (χ2n) is 7.27. The molecule has 0 radical (unpaired) electrons. The summed E-state index contributed by atoms with van der Waals surface area (Å²) >= 11 is 0. The van der Waals surface area contributed by atoms with Crippen molar-refractivity contribution in [3.63, 3.8) is 0 Å². The zero-order valence-electron chi connectivity index (χ0n) is 16.7. The average Bonchev–Trinajstić information content (AvgIpc) is 3.24. The Hall–Kier alpha value is -3.88. The van der Waals surface area contributed by atoms with Gasteiger partial charge in [-0.15, -0.1) is 0 Å². The highest BCUT2D eigenvalue weighted by Gasteiger charge is 2.16. The van der Waals surface area contributed by atoms with Crippen molar-refractivity contribution in [1.29, 1.82) is 0 Å². The molecule has 8 heteroatoms. The van der Waals surface area contributed by atoms with E-state index in [4.69, 9.17) is 15.2 Å². The van der Waals surface area contributed by atoms with Crippen LogP contribution in [0.1, 0.15) is 0 Å². The van der Waals surface area contributed by atoms with Gasteiger partial charge in [0.25, 0.3) is 0 Å².